The van der Waals surface area contributed by atoms with Crippen LogP contribution in [0.4, 0.5) is 0 Å². The van der Waals surface area contributed by atoms with Crippen LogP contribution in [0.25, 0.3) is 10.9 Å². The smallest absolute Gasteiger partial charge is 0.224 e. The molecule has 0 radical (unpaired) electrons. The molecule has 2 aromatic heterocycles. The van der Waals surface area contributed by atoms with Crippen molar-refractivity contribution in [1.82, 2.24) is 9.97 Å². The minimum atomic E-state index is 0.168. The lowest BCUT2D eigenvalue weighted by Crippen LogP contribution is -2.31. The molecule has 1 fully saturated rings. The molecule has 20 heavy (non-hydrogen) atoms. The van der Waals surface area contributed by atoms with Crippen LogP contribution in [0.5, 0.6) is 5.88 Å². The van der Waals surface area contributed by atoms with E-state index in [-0.39, 0.29) is 6.10 Å². The predicted octanol–water partition coefficient (Wildman–Crippen LogP) is 3.54. The largest absolute Gasteiger partial charge is 0.474 e. The van der Waals surface area contributed by atoms with Gasteiger partial charge in [0.25, 0.3) is 0 Å². The average molecular weight is 404 g/mol. The van der Waals surface area contributed by atoms with Crippen molar-refractivity contribution < 1.29 is 4.74 Å². The molecular formula is C14H15ClIN3O. The summed E-state index contributed by atoms with van der Waals surface area (Å²) in [5.74, 6) is 0.582. The Bertz CT molecular complexity index is 629. The molecule has 0 aromatic carbocycles. The van der Waals surface area contributed by atoms with Gasteiger partial charge in [-0.3, -0.25) is 4.98 Å². The third-order valence-electron chi connectivity index (χ3n) is 3.58. The van der Waals surface area contributed by atoms with Gasteiger partial charge in [0.05, 0.1) is 10.9 Å². The molecule has 1 aliphatic carbocycles. The number of hydrogen-bond acceptors (Lipinski definition) is 4. The highest BCUT2D eigenvalue weighted by Gasteiger charge is 2.21. The summed E-state index contributed by atoms with van der Waals surface area (Å²) in [6.45, 7) is 0. The van der Waals surface area contributed by atoms with Crippen LogP contribution in [-0.2, 0) is 0 Å². The van der Waals surface area contributed by atoms with Gasteiger partial charge >= 0.3 is 0 Å². The van der Waals surface area contributed by atoms with Crippen molar-refractivity contribution in [1.29, 1.82) is 0 Å². The summed E-state index contributed by atoms with van der Waals surface area (Å²) in [6.07, 6.45) is 5.91. The minimum absolute atomic E-state index is 0.168. The summed E-state index contributed by atoms with van der Waals surface area (Å²) in [6, 6.07) is 4.09. The Kier molecular flexibility index (Phi) is 4.28. The topological polar surface area (TPSA) is 61.0 Å². The van der Waals surface area contributed by atoms with Crippen molar-refractivity contribution >= 4 is 45.1 Å². The van der Waals surface area contributed by atoms with Gasteiger partial charge in [-0.25, -0.2) is 4.98 Å². The van der Waals surface area contributed by atoms with E-state index in [4.69, 9.17) is 22.1 Å². The molecule has 106 valence electrons. The summed E-state index contributed by atoms with van der Waals surface area (Å²) in [7, 11) is 0. The van der Waals surface area contributed by atoms with Crippen molar-refractivity contribution in [3.05, 3.63) is 27.1 Å². The van der Waals surface area contributed by atoms with E-state index < -0.39 is 0 Å². The van der Waals surface area contributed by atoms with E-state index >= 15 is 0 Å². The van der Waals surface area contributed by atoms with Crippen LogP contribution in [-0.4, -0.2) is 22.1 Å². The van der Waals surface area contributed by atoms with Crippen LogP contribution in [0.2, 0.25) is 5.15 Å². The van der Waals surface area contributed by atoms with Gasteiger partial charge < -0.3 is 10.5 Å². The third-order valence-corrected chi connectivity index (χ3v) is 4.36. The van der Waals surface area contributed by atoms with Crippen LogP contribution in [0.3, 0.4) is 0 Å². The molecular weight excluding hydrogens is 389 g/mol. The highest BCUT2D eigenvalue weighted by atomic mass is 127. The molecule has 0 bridgehead atoms. The van der Waals surface area contributed by atoms with E-state index in [0.29, 0.717) is 17.1 Å². The van der Waals surface area contributed by atoms with Crippen molar-refractivity contribution in [2.75, 3.05) is 0 Å². The average Bonchev–Trinajstić information content (AvgIpc) is 2.42. The number of pyridine rings is 2. The molecule has 6 heteroatoms. The number of halogens is 2. The first-order valence-electron chi connectivity index (χ1n) is 6.66. The molecule has 1 aliphatic rings. The highest BCUT2D eigenvalue weighted by Crippen LogP contribution is 2.30. The van der Waals surface area contributed by atoms with Crippen LogP contribution in [0.1, 0.15) is 25.7 Å². The lowest BCUT2D eigenvalue weighted by Gasteiger charge is -2.26. The van der Waals surface area contributed by atoms with Gasteiger partial charge in [-0.05, 0) is 54.3 Å². The Balaban J connectivity index is 1.92. The fourth-order valence-corrected chi connectivity index (χ4v) is 3.12. The molecule has 3 rings (SSSR count). The molecule has 2 N–H and O–H groups in total. The number of fused-ring (bicyclic) bond motifs is 1. The second-order valence-corrected chi connectivity index (χ2v) is 6.76. The maximum Gasteiger partial charge on any atom is 0.224 e. The first-order chi connectivity index (χ1) is 9.61. The zero-order valence-corrected chi connectivity index (χ0v) is 13.8. The summed E-state index contributed by atoms with van der Waals surface area (Å²) in [5.41, 5.74) is 6.73. The Morgan fingerprint density at radius 3 is 2.75 bits per heavy atom. The second-order valence-electron chi connectivity index (χ2n) is 5.12. The molecule has 0 aliphatic heterocycles. The van der Waals surface area contributed by atoms with Gasteiger partial charge in [-0.2, -0.15) is 0 Å². The SMILES string of the molecule is N[C@H]1CC[C@@H](Oc2nc(Cl)cc3ncc(I)cc23)CC1. The molecule has 0 amide bonds. The van der Waals surface area contributed by atoms with Crippen LogP contribution < -0.4 is 10.5 Å². The number of hydrogen-bond donors (Lipinski definition) is 1. The first-order valence-corrected chi connectivity index (χ1v) is 8.11. The Hall–Kier alpha value is -0.660. The van der Waals surface area contributed by atoms with Gasteiger partial charge in [-0.1, -0.05) is 11.6 Å². The minimum Gasteiger partial charge on any atom is -0.474 e. The van der Waals surface area contributed by atoms with Gasteiger partial charge in [0.15, 0.2) is 0 Å². The van der Waals surface area contributed by atoms with Gasteiger partial charge in [0, 0.05) is 21.9 Å². The maximum atomic E-state index is 6.06. The molecule has 0 atom stereocenters. The molecule has 2 heterocycles. The van der Waals surface area contributed by atoms with Gasteiger partial charge in [0.1, 0.15) is 11.3 Å². The number of rotatable bonds is 2. The van der Waals surface area contributed by atoms with E-state index in [1.54, 1.807) is 6.07 Å². The summed E-state index contributed by atoms with van der Waals surface area (Å²) in [5, 5.41) is 1.32. The molecule has 4 nitrogen and oxygen atoms in total. The second kappa shape index (κ2) is 5.99. The Morgan fingerprint density at radius 2 is 2.00 bits per heavy atom. The van der Waals surface area contributed by atoms with Crippen molar-refractivity contribution in [3.63, 3.8) is 0 Å². The van der Waals surface area contributed by atoms with Crippen LogP contribution in [0.15, 0.2) is 18.3 Å². The molecule has 1 saturated carbocycles. The lowest BCUT2D eigenvalue weighted by molar-refractivity contribution is 0.143. The van der Waals surface area contributed by atoms with Crippen molar-refractivity contribution in [2.24, 2.45) is 5.73 Å². The molecule has 0 unspecified atom stereocenters. The van der Waals surface area contributed by atoms with Crippen molar-refractivity contribution in [3.8, 4) is 5.88 Å². The molecule has 2 aromatic rings. The Morgan fingerprint density at radius 1 is 1.25 bits per heavy atom. The van der Waals surface area contributed by atoms with Gasteiger partial charge in [-0.15, -0.1) is 0 Å². The standard InChI is InChI=1S/C14H15ClIN3O/c15-13-6-12-11(5-8(16)7-18-12)14(19-13)20-10-3-1-9(17)2-4-10/h5-7,9-10H,1-4,17H2/t9-,10+. The predicted molar refractivity (Wildman–Crippen MR) is 88.1 cm³/mol. The normalized spacial score (nSPS) is 22.9. The number of aromatic nitrogens is 2. The fourth-order valence-electron chi connectivity index (χ4n) is 2.49. The van der Waals surface area contributed by atoms with E-state index in [0.717, 1.165) is 40.2 Å². The van der Waals surface area contributed by atoms with Crippen LogP contribution >= 0.6 is 34.2 Å². The van der Waals surface area contributed by atoms with Gasteiger partial charge in [0.2, 0.25) is 5.88 Å². The van der Waals surface area contributed by atoms with Crippen molar-refractivity contribution in [2.45, 2.75) is 37.8 Å². The van der Waals surface area contributed by atoms with E-state index in [1.165, 1.54) is 0 Å². The summed E-state index contributed by atoms with van der Waals surface area (Å²) in [4.78, 5) is 8.70. The maximum absolute atomic E-state index is 6.06. The van der Waals surface area contributed by atoms with E-state index in [9.17, 15) is 0 Å². The zero-order valence-electron chi connectivity index (χ0n) is 10.9. The zero-order chi connectivity index (χ0) is 14.1. The number of nitrogens with zero attached hydrogens (tertiary/aromatic N) is 2. The monoisotopic (exact) mass is 403 g/mol. The molecule has 0 spiro atoms. The number of nitrogens with two attached hydrogens (primary N) is 1. The summed E-state index contributed by atoms with van der Waals surface area (Å²) >= 11 is 8.28. The van der Waals surface area contributed by atoms with E-state index in [2.05, 4.69) is 32.6 Å². The highest BCUT2D eigenvalue weighted by molar-refractivity contribution is 14.1. The Labute approximate surface area is 136 Å². The summed E-state index contributed by atoms with van der Waals surface area (Å²) < 4.78 is 7.11. The molecule has 0 saturated heterocycles. The fraction of sp³-hybridized carbons (Fsp3) is 0.429. The van der Waals surface area contributed by atoms with Crippen LogP contribution in [0, 0.1) is 3.57 Å². The third kappa shape index (κ3) is 3.15. The first kappa shape index (κ1) is 14.3. The number of ether oxygens (including phenoxy) is 1. The quantitative estimate of drug-likeness (QED) is 0.615. The van der Waals surface area contributed by atoms with E-state index in [1.807, 2.05) is 12.3 Å². The lowest BCUT2D eigenvalue weighted by atomic mass is 9.94.